The summed E-state index contributed by atoms with van der Waals surface area (Å²) in [5, 5.41) is 11.2. The highest BCUT2D eigenvalue weighted by molar-refractivity contribution is 5.62. The summed E-state index contributed by atoms with van der Waals surface area (Å²) in [6.07, 6.45) is 0.910. The van der Waals surface area contributed by atoms with E-state index in [9.17, 15) is 8.78 Å². The smallest absolute Gasteiger partial charge is 0.185 e. The topological polar surface area (TPSA) is 78.9 Å². The van der Waals surface area contributed by atoms with Gasteiger partial charge in [-0.15, -0.1) is 5.10 Å². The van der Waals surface area contributed by atoms with E-state index in [-0.39, 0.29) is 23.0 Å². The second kappa shape index (κ2) is 5.12. The molecule has 2 heterocycles. The molecule has 1 unspecified atom stereocenters. The highest BCUT2D eigenvalue weighted by Crippen LogP contribution is 2.26. The van der Waals surface area contributed by atoms with Crippen LogP contribution in [0.5, 0.6) is 0 Å². The predicted octanol–water partition coefficient (Wildman–Crippen LogP) is 1.24. The minimum Gasteiger partial charge on any atom is -0.396 e. The zero-order valence-corrected chi connectivity index (χ0v) is 10.6. The molecule has 2 N–H and O–H groups in total. The molecule has 1 aliphatic rings. The van der Waals surface area contributed by atoms with Crippen LogP contribution in [-0.4, -0.2) is 33.4 Å². The van der Waals surface area contributed by atoms with Gasteiger partial charge in [0.2, 0.25) is 0 Å². The number of aromatic nitrogens is 4. The first-order valence-corrected chi connectivity index (χ1v) is 6.24. The van der Waals surface area contributed by atoms with Crippen molar-refractivity contribution in [1.82, 2.24) is 20.2 Å². The van der Waals surface area contributed by atoms with Crippen molar-refractivity contribution in [2.45, 2.75) is 13.0 Å². The van der Waals surface area contributed by atoms with Crippen LogP contribution in [-0.2, 0) is 11.3 Å². The fourth-order valence-electron chi connectivity index (χ4n) is 2.23. The molecule has 20 heavy (non-hydrogen) atoms. The van der Waals surface area contributed by atoms with Gasteiger partial charge >= 0.3 is 0 Å². The fraction of sp³-hybridized carbons (Fsp3) is 0.417. The summed E-state index contributed by atoms with van der Waals surface area (Å²) in [4.78, 5) is 0. The summed E-state index contributed by atoms with van der Waals surface area (Å²) < 4.78 is 33.8. The lowest BCUT2D eigenvalue weighted by atomic mass is 10.1. The van der Waals surface area contributed by atoms with Crippen molar-refractivity contribution in [3.63, 3.8) is 0 Å². The Morgan fingerprint density at radius 1 is 1.35 bits per heavy atom. The van der Waals surface area contributed by atoms with Crippen LogP contribution in [0.25, 0.3) is 11.4 Å². The quantitative estimate of drug-likeness (QED) is 0.856. The molecule has 0 bridgehead atoms. The third kappa shape index (κ3) is 2.34. The molecule has 1 atom stereocenters. The zero-order chi connectivity index (χ0) is 14.1. The number of nitrogens with zero attached hydrogens (tertiary/aromatic N) is 4. The van der Waals surface area contributed by atoms with E-state index in [1.165, 1.54) is 10.7 Å². The first-order valence-electron chi connectivity index (χ1n) is 6.24. The minimum absolute atomic E-state index is 0.0906. The third-order valence-electron chi connectivity index (χ3n) is 3.31. The second-order valence-corrected chi connectivity index (χ2v) is 4.77. The van der Waals surface area contributed by atoms with Crippen LogP contribution in [0.15, 0.2) is 12.1 Å². The van der Waals surface area contributed by atoms with Crippen molar-refractivity contribution in [3.05, 3.63) is 23.8 Å². The molecule has 1 fully saturated rings. The van der Waals surface area contributed by atoms with Crippen molar-refractivity contribution in [3.8, 4) is 11.4 Å². The summed E-state index contributed by atoms with van der Waals surface area (Å²) in [7, 11) is 0. The molecule has 2 aromatic rings. The van der Waals surface area contributed by atoms with Crippen molar-refractivity contribution >= 4 is 5.69 Å². The van der Waals surface area contributed by atoms with Crippen molar-refractivity contribution in [2.75, 3.05) is 18.9 Å². The highest BCUT2D eigenvalue weighted by atomic mass is 19.1. The molecule has 106 valence electrons. The van der Waals surface area contributed by atoms with Gasteiger partial charge in [0.1, 0.15) is 11.6 Å². The Morgan fingerprint density at radius 2 is 2.20 bits per heavy atom. The van der Waals surface area contributed by atoms with Gasteiger partial charge in [-0.1, -0.05) is 0 Å². The second-order valence-electron chi connectivity index (χ2n) is 4.77. The van der Waals surface area contributed by atoms with E-state index in [1.807, 2.05) is 0 Å². The van der Waals surface area contributed by atoms with Gasteiger partial charge in [-0.2, -0.15) is 0 Å². The number of ether oxygens (including phenoxy) is 1. The standard InChI is InChI=1S/C12H13F2N5O/c13-9-4-10(14)11(15)3-8(9)12-16-17-18-19(12)5-7-1-2-20-6-7/h3-4,7H,1-2,5-6,15H2. The van der Waals surface area contributed by atoms with Gasteiger partial charge in [-0.05, 0) is 22.9 Å². The van der Waals surface area contributed by atoms with Crippen LogP contribution in [0.4, 0.5) is 14.5 Å². The maximum Gasteiger partial charge on any atom is 0.185 e. The average Bonchev–Trinajstić information content (AvgIpc) is 3.06. The van der Waals surface area contributed by atoms with E-state index < -0.39 is 11.6 Å². The van der Waals surface area contributed by atoms with Gasteiger partial charge < -0.3 is 10.5 Å². The van der Waals surface area contributed by atoms with Crippen LogP contribution in [0.3, 0.4) is 0 Å². The Hall–Kier alpha value is -2.09. The van der Waals surface area contributed by atoms with Gasteiger partial charge in [0.15, 0.2) is 5.82 Å². The lowest BCUT2D eigenvalue weighted by Crippen LogP contribution is -2.13. The molecule has 0 saturated carbocycles. The van der Waals surface area contributed by atoms with Gasteiger partial charge in [0.25, 0.3) is 0 Å². The van der Waals surface area contributed by atoms with Gasteiger partial charge in [0.05, 0.1) is 24.4 Å². The van der Waals surface area contributed by atoms with Crippen LogP contribution in [0.1, 0.15) is 6.42 Å². The molecule has 6 nitrogen and oxygen atoms in total. The monoisotopic (exact) mass is 281 g/mol. The van der Waals surface area contributed by atoms with Gasteiger partial charge in [-0.3, -0.25) is 0 Å². The maximum atomic E-state index is 13.9. The number of hydrogen-bond acceptors (Lipinski definition) is 5. The van der Waals surface area contributed by atoms with E-state index in [0.717, 1.165) is 12.5 Å². The molecule has 1 aromatic heterocycles. The Bertz CT molecular complexity index is 624. The summed E-state index contributed by atoms with van der Waals surface area (Å²) in [6.45, 7) is 1.87. The van der Waals surface area contributed by atoms with Crippen molar-refractivity contribution < 1.29 is 13.5 Å². The van der Waals surface area contributed by atoms with Gasteiger partial charge in [0, 0.05) is 18.6 Å². The summed E-state index contributed by atoms with van der Waals surface area (Å²) in [5.74, 6) is -1.01. The number of tetrazole rings is 1. The number of anilines is 1. The first-order chi connectivity index (χ1) is 9.65. The first kappa shape index (κ1) is 12.9. The Labute approximate surface area is 113 Å². The molecular weight excluding hydrogens is 268 g/mol. The Kier molecular flexibility index (Phi) is 3.31. The SMILES string of the molecule is Nc1cc(-c2nnnn2CC2CCOC2)c(F)cc1F. The van der Waals surface area contributed by atoms with Crippen molar-refractivity contribution in [1.29, 1.82) is 0 Å². The average molecular weight is 281 g/mol. The van der Waals surface area contributed by atoms with E-state index in [1.54, 1.807) is 0 Å². The molecular formula is C12H13F2N5O. The van der Waals surface area contributed by atoms with E-state index >= 15 is 0 Å². The van der Waals surface area contributed by atoms with E-state index in [0.29, 0.717) is 19.8 Å². The molecule has 1 aromatic carbocycles. The largest absolute Gasteiger partial charge is 0.396 e. The predicted molar refractivity (Wildman–Crippen MR) is 66.5 cm³/mol. The summed E-state index contributed by atoms with van der Waals surface area (Å²) in [6, 6.07) is 1.94. The van der Waals surface area contributed by atoms with E-state index in [4.69, 9.17) is 10.5 Å². The molecule has 0 amide bonds. The molecule has 1 aliphatic heterocycles. The highest BCUT2D eigenvalue weighted by Gasteiger charge is 2.21. The molecule has 3 rings (SSSR count). The number of nitrogens with two attached hydrogens (primary N) is 1. The van der Waals surface area contributed by atoms with Crippen LogP contribution in [0.2, 0.25) is 0 Å². The van der Waals surface area contributed by atoms with Crippen LogP contribution in [0, 0.1) is 17.6 Å². The number of halogens is 2. The molecule has 0 radical (unpaired) electrons. The number of hydrogen-bond donors (Lipinski definition) is 1. The fourth-order valence-corrected chi connectivity index (χ4v) is 2.23. The molecule has 0 spiro atoms. The normalized spacial score (nSPS) is 18.6. The summed E-state index contributed by atoms with van der Waals surface area (Å²) in [5.41, 5.74) is 5.42. The lowest BCUT2D eigenvalue weighted by Gasteiger charge is -2.10. The molecule has 8 heteroatoms. The Balaban J connectivity index is 1.94. The number of rotatable bonds is 3. The minimum atomic E-state index is -0.797. The summed E-state index contributed by atoms with van der Waals surface area (Å²) >= 11 is 0. The van der Waals surface area contributed by atoms with Crippen LogP contribution < -0.4 is 5.73 Å². The Morgan fingerprint density at radius 3 is 2.95 bits per heavy atom. The third-order valence-corrected chi connectivity index (χ3v) is 3.31. The maximum absolute atomic E-state index is 13.9. The van der Waals surface area contributed by atoms with Crippen LogP contribution >= 0.6 is 0 Å². The van der Waals surface area contributed by atoms with Gasteiger partial charge in [-0.25, -0.2) is 13.5 Å². The number of nitrogen functional groups attached to an aromatic ring is 1. The molecule has 0 aliphatic carbocycles. The number of benzene rings is 1. The zero-order valence-electron chi connectivity index (χ0n) is 10.6. The molecule has 1 saturated heterocycles. The lowest BCUT2D eigenvalue weighted by molar-refractivity contribution is 0.181. The van der Waals surface area contributed by atoms with E-state index in [2.05, 4.69) is 15.5 Å². The van der Waals surface area contributed by atoms with Crippen molar-refractivity contribution in [2.24, 2.45) is 5.92 Å².